The van der Waals surface area contributed by atoms with Gasteiger partial charge in [0, 0.05) is 12.5 Å². The summed E-state index contributed by atoms with van der Waals surface area (Å²) in [6.07, 6.45) is 1.55. The molecule has 0 fully saturated rings. The van der Waals surface area contributed by atoms with E-state index in [1.165, 1.54) is 6.07 Å². The number of halogens is 2. The fraction of sp³-hybridized carbons (Fsp3) is 0.467. The molecule has 1 aromatic rings. The largest absolute Gasteiger partial charge is 0.270 e. The van der Waals surface area contributed by atoms with E-state index in [2.05, 4.69) is 13.5 Å². The zero-order chi connectivity index (χ0) is 13.1. The molecule has 1 atom stereocenters. The van der Waals surface area contributed by atoms with Crippen LogP contribution < -0.4 is 0 Å². The Morgan fingerprint density at radius 2 is 1.94 bits per heavy atom. The van der Waals surface area contributed by atoms with Crippen molar-refractivity contribution in [3.8, 4) is 0 Å². The summed E-state index contributed by atoms with van der Waals surface area (Å²) in [4.78, 5) is 0. The molecular formula is C15H20F2. The van der Waals surface area contributed by atoms with Gasteiger partial charge in [-0.2, -0.15) is 0 Å². The number of allylic oxidation sites excluding steroid dienone is 1. The first kappa shape index (κ1) is 13.9. The molecule has 94 valence electrons. The van der Waals surface area contributed by atoms with Crippen molar-refractivity contribution in [2.45, 2.75) is 39.5 Å². The summed E-state index contributed by atoms with van der Waals surface area (Å²) in [6.45, 7) is 8.85. The first-order valence-corrected chi connectivity index (χ1v) is 5.91. The standard InChI is InChI=1S/C15H20F2/c1-11(2)9-12(3)10-13-7-5-6-8-14(13)15(4,16)17/h5-8,12H,1,9-10H2,2-4H3. The van der Waals surface area contributed by atoms with Crippen LogP contribution in [0.15, 0.2) is 36.4 Å². The summed E-state index contributed by atoms with van der Waals surface area (Å²) in [7, 11) is 0. The van der Waals surface area contributed by atoms with Crippen molar-refractivity contribution < 1.29 is 8.78 Å². The smallest absolute Gasteiger partial charge is 0.202 e. The second-order valence-corrected chi connectivity index (χ2v) is 5.02. The Bertz CT molecular complexity index is 388. The highest BCUT2D eigenvalue weighted by atomic mass is 19.3. The Hall–Kier alpha value is -1.18. The highest BCUT2D eigenvalue weighted by Crippen LogP contribution is 2.31. The van der Waals surface area contributed by atoms with E-state index in [0.717, 1.165) is 24.5 Å². The van der Waals surface area contributed by atoms with Gasteiger partial charge in [-0.1, -0.05) is 36.8 Å². The van der Waals surface area contributed by atoms with Gasteiger partial charge in [0.15, 0.2) is 0 Å². The highest BCUT2D eigenvalue weighted by molar-refractivity contribution is 5.31. The fourth-order valence-corrected chi connectivity index (χ4v) is 2.17. The molecule has 0 radical (unpaired) electrons. The predicted octanol–water partition coefficient (Wildman–Crippen LogP) is 4.94. The molecular weight excluding hydrogens is 218 g/mol. The van der Waals surface area contributed by atoms with Crippen LogP contribution in [0, 0.1) is 5.92 Å². The van der Waals surface area contributed by atoms with E-state index in [1.54, 1.807) is 12.1 Å². The Labute approximate surface area is 102 Å². The average Bonchev–Trinajstić information content (AvgIpc) is 2.15. The van der Waals surface area contributed by atoms with Crippen molar-refractivity contribution >= 4 is 0 Å². The van der Waals surface area contributed by atoms with Gasteiger partial charge in [0.05, 0.1) is 0 Å². The normalized spacial score (nSPS) is 13.5. The monoisotopic (exact) mass is 238 g/mol. The number of rotatable bonds is 5. The van der Waals surface area contributed by atoms with Gasteiger partial charge in [0.1, 0.15) is 0 Å². The van der Waals surface area contributed by atoms with Gasteiger partial charge in [-0.15, -0.1) is 6.58 Å². The lowest BCUT2D eigenvalue weighted by atomic mass is 9.91. The fourth-order valence-electron chi connectivity index (χ4n) is 2.17. The SMILES string of the molecule is C=C(C)CC(C)Cc1ccccc1C(C)(F)F. The van der Waals surface area contributed by atoms with Crippen LogP contribution in [0.2, 0.25) is 0 Å². The van der Waals surface area contributed by atoms with Crippen LogP contribution in [-0.4, -0.2) is 0 Å². The Kier molecular flexibility index (Phi) is 4.44. The lowest BCUT2D eigenvalue weighted by Crippen LogP contribution is -2.12. The van der Waals surface area contributed by atoms with E-state index in [-0.39, 0.29) is 5.56 Å². The van der Waals surface area contributed by atoms with Crippen molar-refractivity contribution in [2.24, 2.45) is 5.92 Å². The van der Waals surface area contributed by atoms with E-state index >= 15 is 0 Å². The molecule has 0 aliphatic carbocycles. The predicted molar refractivity (Wildman–Crippen MR) is 68.3 cm³/mol. The van der Waals surface area contributed by atoms with Crippen LogP contribution in [0.1, 0.15) is 38.3 Å². The zero-order valence-corrected chi connectivity index (χ0v) is 10.8. The van der Waals surface area contributed by atoms with E-state index in [9.17, 15) is 8.78 Å². The summed E-state index contributed by atoms with van der Waals surface area (Å²) in [6, 6.07) is 6.79. The van der Waals surface area contributed by atoms with Crippen molar-refractivity contribution in [3.63, 3.8) is 0 Å². The molecule has 1 rings (SSSR count). The quantitative estimate of drug-likeness (QED) is 0.637. The molecule has 1 aromatic carbocycles. The van der Waals surface area contributed by atoms with Crippen LogP contribution in [0.5, 0.6) is 0 Å². The number of alkyl halides is 2. The van der Waals surface area contributed by atoms with Crippen molar-refractivity contribution in [1.82, 2.24) is 0 Å². The number of hydrogen-bond donors (Lipinski definition) is 0. The lowest BCUT2D eigenvalue weighted by molar-refractivity contribution is 0.0164. The minimum atomic E-state index is -2.76. The molecule has 0 amide bonds. The van der Waals surface area contributed by atoms with Gasteiger partial charge < -0.3 is 0 Å². The van der Waals surface area contributed by atoms with Crippen LogP contribution >= 0.6 is 0 Å². The second-order valence-electron chi connectivity index (χ2n) is 5.02. The Morgan fingerprint density at radius 3 is 2.47 bits per heavy atom. The van der Waals surface area contributed by atoms with Crippen molar-refractivity contribution in [3.05, 3.63) is 47.5 Å². The third kappa shape index (κ3) is 4.29. The molecule has 2 heteroatoms. The molecule has 0 aromatic heterocycles. The van der Waals surface area contributed by atoms with E-state index in [1.807, 2.05) is 13.0 Å². The van der Waals surface area contributed by atoms with E-state index < -0.39 is 5.92 Å². The van der Waals surface area contributed by atoms with Gasteiger partial charge in [0.25, 0.3) is 5.92 Å². The lowest BCUT2D eigenvalue weighted by Gasteiger charge is -2.18. The van der Waals surface area contributed by atoms with Gasteiger partial charge in [0.2, 0.25) is 0 Å². The molecule has 0 spiro atoms. The first-order chi connectivity index (χ1) is 7.80. The molecule has 0 bridgehead atoms. The molecule has 0 heterocycles. The van der Waals surface area contributed by atoms with Crippen LogP contribution in [-0.2, 0) is 12.3 Å². The van der Waals surface area contributed by atoms with Crippen LogP contribution in [0.3, 0.4) is 0 Å². The number of benzene rings is 1. The molecule has 1 unspecified atom stereocenters. The van der Waals surface area contributed by atoms with Gasteiger partial charge >= 0.3 is 0 Å². The highest BCUT2D eigenvalue weighted by Gasteiger charge is 2.27. The third-order valence-corrected chi connectivity index (χ3v) is 2.76. The maximum Gasteiger partial charge on any atom is 0.270 e. The topological polar surface area (TPSA) is 0 Å². The van der Waals surface area contributed by atoms with Gasteiger partial charge in [-0.3, -0.25) is 0 Å². The van der Waals surface area contributed by atoms with E-state index in [0.29, 0.717) is 12.3 Å². The van der Waals surface area contributed by atoms with Gasteiger partial charge in [-0.05, 0) is 31.2 Å². The average molecular weight is 238 g/mol. The molecule has 0 aliphatic rings. The summed E-state index contributed by atoms with van der Waals surface area (Å²) < 4.78 is 26.8. The van der Waals surface area contributed by atoms with Crippen molar-refractivity contribution in [2.75, 3.05) is 0 Å². The summed E-state index contributed by atoms with van der Waals surface area (Å²) in [5.74, 6) is -2.42. The minimum Gasteiger partial charge on any atom is -0.202 e. The number of hydrogen-bond acceptors (Lipinski definition) is 0. The molecule has 0 N–H and O–H groups in total. The Balaban J connectivity index is 2.87. The zero-order valence-electron chi connectivity index (χ0n) is 10.8. The second kappa shape index (κ2) is 5.44. The molecule has 0 saturated carbocycles. The summed E-state index contributed by atoms with van der Waals surface area (Å²) in [5.41, 5.74) is 1.99. The Morgan fingerprint density at radius 1 is 1.35 bits per heavy atom. The maximum absolute atomic E-state index is 13.4. The van der Waals surface area contributed by atoms with Gasteiger partial charge in [-0.25, -0.2) is 8.78 Å². The van der Waals surface area contributed by atoms with E-state index in [4.69, 9.17) is 0 Å². The molecule has 17 heavy (non-hydrogen) atoms. The molecule has 0 saturated heterocycles. The molecule has 0 nitrogen and oxygen atoms in total. The first-order valence-electron chi connectivity index (χ1n) is 5.91. The summed E-state index contributed by atoms with van der Waals surface area (Å²) in [5, 5.41) is 0. The van der Waals surface area contributed by atoms with Crippen molar-refractivity contribution in [1.29, 1.82) is 0 Å². The minimum absolute atomic E-state index is 0.147. The molecule has 0 aliphatic heterocycles. The third-order valence-electron chi connectivity index (χ3n) is 2.76. The van der Waals surface area contributed by atoms with Crippen LogP contribution in [0.4, 0.5) is 8.78 Å². The summed E-state index contributed by atoms with van der Waals surface area (Å²) >= 11 is 0. The maximum atomic E-state index is 13.4. The van der Waals surface area contributed by atoms with Crippen LogP contribution in [0.25, 0.3) is 0 Å².